The minimum absolute atomic E-state index is 0.125. The van der Waals surface area contributed by atoms with Gasteiger partial charge in [-0.05, 0) is 39.2 Å². The van der Waals surface area contributed by atoms with Crippen LogP contribution in [0.3, 0.4) is 0 Å². The number of nitrogens with one attached hydrogen (secondary N) is 3. The van der Waals surface area contributed by atoms with Gasteiger partial charge in [0.05, 0.1) is 12.5 Å². The van der Waals surface area contributed by atoms with Gasteiger partial charge < -0.3 is 31.1 Å². The lowest BCUT2D eigenvalue weighted by Crippen LogP contribution is -2.55. The maximum atomic E-state index is 12.6. The number of carboxylic acid groups (broad SMARTS) is 2. The summed E-state index contributed by atoms with van der Waals surface area (Å²) >= 11 is 0. The topological polar surface area (TPSA) is 165 Å². The molecule has 0 aromatic heterocycles. The quantitative estimate of drug-likeness (QED) is 0.322. The van der Waals surface area contributed by atoms with Gasteiger partial charge in [-0.2, -0.15) is 0 Å². The van der Waals surface area contributed by atoms with Crippen LogP contribution in [0.5, 0.6) is 0 Å². The molecule has 4 atom stereocenters. The first-order valence-corrected chi connectivity index (χ1v) is 9.30. The summed E-state index contributed by atoms with van der Waals surface area (Å²) in [4.78, 5) is 60.6. The highest BCUT2D eigenvalue weighted by atomic mass is 16.4. The Morgan fingerprint density at radius 3 is 2.39 bits per heavy atom. The molecule has 0 saturated carbocycles. The molecule has 2 rings (SSSR count). The van der Waals surface area contributed by atoms with Crippen molar-refractivity contribution in [1.82, 2.24) is 20.9 Å². The molecule has 2 aliphatic heterocycles. The molecule has 5 N–H and O–H groups in total. The van der Waals surface area contributed by atoms with Crippen LogP contribution in [0.4, 0.5) is 0 Å². The molecule has 0 spiro atoms. The molecule has 0 aromatic rings. The van der Waals surface area contributed by atoms with Crippen molar-refractivity contribution in [3.05, 3.63) is 0 Å². The largest absolute Gasteiger partial charge is 0.481 e. The van der Waals surface area contributed by atoms with E-state index in [4.69, 9.17) is 10.2 Å². The number of rotatable bonds is 8. The summed E-state index contributed by atoms with van der Waals surface area (Å²) in [6.07, 6.45) is 2.01. The Hall–Kier alpha value is -2.69. The maximum absolute atomic E-state index is 12.6. The average Bonchev–Trinajstić information content (AvgIpc) is 3.31. The summed E-state index contributed by atoms with van der Waals surface area (Å²) in [6.45, 7) is 2.60. The van der Waals surface area contributed by atoms with Crippen molar-refractivity contribution < 1.29 is 34.2 Å². The van der Waals surface area contributed by atoms with Gasteiger partial charge in [0.2, 0.25) is 17.7 Å². The molecule has 3 amide bonds. The molecular weight excluding hydrogens is 372 g/mol. The Bertz CT molecular complexity index is 647. The summed E-state index contributed by atoms with van der Waals surface area (Å²) in [6, 6.07) is -3.64. The smallest absolute Gasteiger partial charge is 0.326 e. The van der Waals surface area contributed by atoms with Crippen LogP contribution in [0.1, 0.15) is 39.0 Å². The van der Waals surface area contributed by atoms with Gasteiger partial charge in [-0.25, -0.2) is 4.79 Å². The Labute approximate surface area is 161 Å². The van der Waals surface area contributed by atoms with E-state index in [0.717, 1.165) is 19.4 Å². The lowest BCUT2D eigenvalue weighted by Gasteiger charge is -2.27. The van der Waals surface area contributed by atoms with Gasteiger partial charge in [0.15, 0.2) is 0 Å². The van der Waals surface area contributed by atoms with Gasteiger partial charge in [-0.3, -0.25) is 19.2 Å². The minimum atomic E-state index is -1.60. The zero-order valence-electron chi connectivity index (χ0n) is 15.6. The van der Waals surface area contributed by atoms with Crippen LogP contribution in [0, 0.1) is 0 Å². The van der Waals surface area contributed by atoms with Crippen LogP contribution in [0.2, 0.25) is 0 Å². The number of hydrogen-bond acceptors (Lipinski definition) is 6. The number of aliphatic carboxylic acids is 2. The van der Waals surface area contributed by atoms with E-state index in [9.17, 15) is 24.0 Å². The third-order valence-corrected chi connectivity index (χ3v) is 4.94. The molecule has 0 aliphatic carbocycles. The molecule has 4 unspecified atom stereocenters. The monoisotopic (exact) mass is 398 g/mol. The molecule has 0 bridgehead atoms. The number of likely N-dealkylation sites (tertiary alicyclic amines) is 1. The van der Waals surface area contributed by atoms with Crippen molar-refractivity contribution in [3.63, 3.8) is 0 Å². The van der Waals surface area contributed by atoms with Crippen molar-refractivity contribution in [1.29, 1.82) is 0 Å². The fraction of sp³-hybridized carbons (Fsp3) is 0.706. The van der Waals surface area contributed by atoms with Gasteiger partial charge in [-0.1, -0.05) is 0 Å². The summed E-state index contributed by atoms with van der Waals surface area (Å²) < 4.78 is 0. The molecule has 0 radical (unpaired) electrons. The van der Waals surface area contributed by atoms with E-state index in [1.54, 1.807) is 0 Å². The number of carboxylic acids is 2. The van der Waals surface area contributed by atoms with Crippen LogP contribution < -0.4 is 16.0 Å². The van der Waals surface area contributed by atoms with Crippen molar-refractivity contribution in [2.45, 2.75) is 63.2 Å². The van der Waals surface area contributed by atoms with Gasteiger partial charge in [0, 0.05) is 6.54 Å². The summed E-state index contributed by atoms with van der Waals surface area (Å²) in [7, 11) is 0. The van der Waals surface area contributed by atoms with E-state index in [-0.39, 0.29) is 11.9 Å². The molecule has 2 saturated heterocycles. The van der Waals surface area contributed by atoms with Crippen molar-refractivity contribution >= 4 is 29.7 Å². The first-order chi connectivity index (χ1) is 13.2. The highest BCUT2D eigenvalue weighted by Crippen LogP contribution is 2.21. The fourth-order valence-corrected chi connectivity index (χ4v) is 3.45. The molecular formula is C17H26N4O7. The molecule has 156 valence electrons. The lowest BCUT2D eigenvalue weighted by molar-refractivity contribution is -0.147. The molecule has 2 heterocycles. The van der Waals surface area contributed by atoms with Crippen molar-refractivity contribution in [2.24, 2.45) is 0 Å². The van der Waals surface area contributed by atoms with E-state index >= 15 is 0 Å². The first-order valence-electron chi connectivity index (χ1n) is 9.30. The maximum Gasteiger partial charge on any atom is 0.326 e. The molecule has 11 nitrogen and oxygen atoms in total. The number of nitrogens with zero attached hydrogens (tertiary/aromatic N) is 1. The van der Waals surface area contributed by atoms with Crippen LogP contribution in [0.15, 0.2) is 0 Å². The van der Waals surface area contributed by atoms with E-state index in [0.29, 0.717) is 19.4 Å². The second-order valence-corrected chi connectivity index (χ2v) is 7.07. The molecule has 2 fully saturated rings. The predicted molar refractivity (Wildman–Crippen MR) is 95.2 cm³/mol. The van der Waals surface area contributed by atoms with Crippen LogP contribution in [-0.2, 0) is 24.0 Å². The SMILES string of the molecule is CC(NC(=O)C1CCCN1C(=O)C1CCCN1)C(=O)NC(CC(=O)O)C(=O)O. The average molecular weight is 398 g/mol. The summed E-state index contributed by atoms with van der Waals surface area (Å²) in [5.74, 6) is -4.28. The van der Waals surface area contributed by atoms with Crippen LogP contribution in [0.25, 0.3) is 0 Å². The second kappa shape index (κ2) is 9.49. The third-order valence-electron chi connectivity index (χ3n) is 4.94. The first kappa shape index (κ1) is 21.6. The number of carbonyl (C=O) groups is 5. The predicted octanol–water partition coefficient (Wildman–Crippen LogP) is -1.72. The number of carbonyl (C=O) groups excluding carboxylic acids is 3. The zero-order chi connectivity index (χ0) is 20.8. The Balaban J connectivity index is 1.92. The Morgan fingerprint density at radius 2 is 1.82 bits per heavy atom. The fourth-order valence-electron chi connectivity index (χ4n) is 3.45. The molecule has 0 aromatic carbocycles. The summed E-state index contributed by atoms with van der Waals surface area (Å²) in [5.41, 5.74) is 0. The van der Waals surface area contributed by atoms with Gasteiger partial charge in [0.1, 0.15) is 18.1 Å². The number of hydrogen-bond donors (Lipinski definition) is 5. The van der Waals surface area contributed by atoms with E-state index in [1.165, 1.54) is 11.8 Å². The number of amides is 3. The van der Waals surface area contributed by atoms with Gasteiger partial charge >= 0.3 is 11.9 Å². The highest BCUT2D eigenvalue weighted by Gasteiger charge is 2.38. The van der Waals surface area contributed by atoms with Crippen LogP contribution >= 0.6 is 0 Å². The van der Waals surface area contributed by atoms with Crippen LogP contribution in [-0.4, -0.2) is 82.0 Å². The van der Waals surface area contributed by atoms with Gasteiger partial charge in [-0.15, -0.1) is 0 Å². The molecule has 11 heteroatoms. The third kappa shape index (κ3) is 5.41. The van der Waals surface area contributed by atoms with E-state index in [1.807, 2.05) is 0 Å². The second-order valence-electron chi connectivity index (χ2n) is 7.07. The highest BCUT2D eigenvalue weighted by molar-refractivity contribution is 5.94. The Morgan fingerprint density at radius 1 is 1.11 bits per heavy atom. The normalized spacial score (nSPS) is 23.7. The molecule has 28 heavy (non-hydrogen) atoms. The summed E-state index contributed by atoms with van der Waals surface area (Å²) in [5, 5.41) is 25.4. The van der Waals surface area contributed by atoms with E-state index < -0.39 is 48.3 Å². The molecule has 2 aliphatic rings. The lowest BCUT2D eigenvalue weighted by atomic mass is 10.1. The standard InChI is InChI=1S/C17H26N4O7/c1-9(14(24)20-11(17(27)28)8-13(22)23)19-15(25)12-5-3-7-21(12)16(26)10-4-2-6-18-10/h9-12,18H,2-8H2,1H3,(H,19,25)(H,20,24)(H,22,23)(H,27,28). The van der Waals surface area contributed by atoms with Crippen molar-refractivity contribution in [3.8, 4) is 0 Å². The Kier molecular flexibility index (Phi) is 7.32. The van der Waals surface area contributed by atoms with Gasteiger partial charge in [0.25, 0.3) is 0 Å². The van der Waals surface area contributed by atoms with E-state index in [2.05, 4.69) is 16.0 Å². The zero-order valence-corrected chi connectivity index (χ0v) is 15.6. The minimum Gasteiger partial charge on any atom is -0.481 e. The van der Waals surface area contributed by atoms with Crippen molar-refractivity contribution in [2.75, 3.05) is 13.1 Å².